The monoisotopic (exact) mass is 270 g/mol. The molecular weight excluding hydrogens is 244 g/mol. The summed E-state index contributed by atoms with van der Waals surface area (Å²) in [5.41, 5.74) is 4.34. The number of hydrogen-bond donors (Lipinski definition) is 2. The molecule has 2 aromatic carbocycles. The third-order valence-electron chi connectivity index (χ3n) is 3.94. The van der Waals surface area contributed by atoms with E-state index in [0.29, 0.717) is 6.04 Å². The molecule has 1 unspecified atom stereocenters. The van der Waals surface area contributed by atoms with Gasteiger partial charge in [0, 0.05) is 6.04 Å². The molecule has 0 heterocycles. The van der Waals surface area contributed by atoms with Gasteiger partial charge in [0.05, 0.1) is 0 Å². The van der Waals surface area contributed by atoms with E-state index in [9.17, 15) is 0 Å². The molecule has 0 saturated carbocycles. The van der Waals surface area contributed by atoms with Gasteiger partial charge in [-0.15, -0.1) is 0 Å². The van der Waals surface area contributed by atoms with Gasteiger partial charge >= 0.3 is 0 Å². The lowest BCUT2D eigenvalue weighted by molar-refractivity contribution is 0.463. The second-order valence-corrected chi connectivity index (χ2v) is 5.60. The van der Waals surface area contributed by atoms with Crippen molar-refractivity contribution in [1.29, 1.82) is 0 Å². The normalized spacial score (nSPS) is 12.7. The van der Waals surface area contributed by atoms with E-state index in [2.05, 4.69) is 54.8 Å². The summed E-state index contributed by atoms with van der Waals surface area (Å²) in [4.78, 5) is 0. The summed E-state index contributed by atoms with van der Waals surface area (Å²) in [7, 11) is 0. The lowest BCUT2D eigenvalue weighted by Crippen LogP contribution is -2.36. The Morgan fingerprint density at radius 1 is 1.00 bits per heavy atom. The smallest absolute Gasteiger partial charge is 0.0250 e. The van der Waals surface area contributed by atoms with Crippen LogP contribution in [0, 0.1) is 0 Å². The van der Waals surface area contributed by atoms with Crippen molar-refractivity contribution in [2.24, 2.45) is 5.84 Å². The highest BCUT2D eigenvalue weighted by atomic mass is 15.2. The first kappa shape index (κ1) is 15.0. The highest BCUT2D eigenvalue weighted by molar-refractivity contribution is 5.82. The minimum absolute atomic E-state index is 0.382. The standard InChI is InChI=1S/C18H26N2/c1-2-3-4-5-10-18(20-19)14-15-11-12-16-8-6-7-9-17(16)13-15/h6-9,11-13,18,20H,2-5,10,14,19H2,1H3. The molecule has 0 aliphatic heterocycles. The highest BCUT2D eigenvalue weighted by Crippen LogP contribution is 2.17. The van der Waals surface area contributed by atoms with E-state index in [0.717, 1.165) is 12.8 Å². The first-order valence-electron chi connectivity index (χ1n) is 7.77. The maximum Gasteiger partial charge on any atom is 0.0250 e. The zero-order valence-electron chi connectivity index (χ0n) is 12.4. The third kappa shape index (κ3) is 4.32. The average molecular weight is 270 g/mol. The Bertz CT molecular complexity index is 522. The molecule has 1 atom stereocenters. The Balaban J connectivity index is 1.94. The first-order valence-corrected chi connectivity index (χ1v) is 7.77. The fraction of sp³-hybridized carbons (Fsp3) is 0.444. The number of nitrogens with two attached hydrogens (primary N) is 1. The maximum absolute atomic E-state index is 5.70. The summed E-state index contributed by atoms with van der Waals surface area (Å²) in [6.07, 6.45) is 7.35. The second-order valence-electron chi connectivity index (χ2n) is 5.60. The second kappa shape index (κ2) is 8.03. The fourth-order valence-electron chi connectivity index (χ4n) is 2.71. The Kier molecular flexibility index (Phi) is 6.03. The summed E-state index contributed by atoms with van der Waals surface area (Å²) in [5, 5.41) is 2.61. The molecule has 2 rings (SSSR count). The van der Waals surface area contributed by atoms with Crippen molar-refractivity contribution in [3.8, 4) is 0 Å². The van der Waals surface area contributed by atoms with Gasteiger partial charge in [0.1, 0.15) is 0 Å². The maximum atomic E-state index is 5.70. The zero-order valence-corrected chi connectivity index (χ0v) is 12.4. The van der Waals surface area contributed by atoms with Crippen molar-refractivity contribution in [3.05, 3.63) is 48.0 Å². The van der Waals surface area contributed by atoms with E-state index in [1.807, 2.05) is 0 Å². The van der Waals surface area contributed by atoms with Crippen LogP contribution in [0.1, 0.15) is 44.6 Å². The van der Waals surface area contributed by atoms with Gasteiger partial charge in [0.15, 0.2) is 0 Å². The Labute approximate surface area is 122 Å². The number of unbranched alkanes of at least 4 members (excludes halogenated alkanes) is 3. The molecule has 2 aromatic rings. The van der Waals surface area contributed by atoms with Crippen molar-refractivity contribution >= 4 is 10.8 Å². The zero-order chi connectivity index (χ0) is 14.2. The Morgan fingerprint density at radius 3 is 2.55 bits per heavy atom. The van der Waals surface area contributed by atoms with Crippen LogP contribution in [0.3, 0.4) is 0 Å². The summed E-state index contributed by atoms with van der Waals surface area (Å²) >= 11 is 0. The number of nitrogens with one attached hydrogen (secondary N) is 1. The molecule has 3 N–H and O–H groups in total. The highest BCUT2D eigenvalue weighted by Gasteiger charge is 2.07. The van der Waals surface area contributed by atoms with Crippen LogP contribution >= 0.6 is 0 Å². The summed E-state index contributed by atoms with van der Waals surface area (Å²) in [6.45, 7) is 2.24. The average Bonchev–Trinajstić information content (AvgIpc) is 2.50. The van der Waals surface area contributed by atoms with E-state index in [-0.39, 0.29) is 0 Å². The van der Waals surface area contributed by atoms with Crippen LogP contribution in [-0.2, 0) is 6.42 Å². The predicted molar refractivity (Wildman–Crippen MR) is 87.5 cm³/mol. The number of hydrazine groups is 1. The van der Waals surface area contributed by atoms with Crippen LogP contribution in [0.25, 0.3) is 10.8 Å². The quantitative estimate of drug-likeness (QED) is 0.429. The molecule has 0 aliphatic carbocycles. The Hall–Kier alpha value is -1.38. The predicted octanol–water partition coefficient (Wildman–Crippen LogP) is 4.18. The van der Waals surface area contributed by atoms with Gasteiger partial charge < -0.3 is 0 Å². The number of fused-ring (bicyclic) bond motifs is 1. The van der Waals surface area contributed by atoms with Crippen molar-refractivity contribution in [2.75, 3.05) is 0 Å². The van der Waals surface area contributed by atoms with Crippen LogP contribution in [0.2, 0.25) is 0 Å². The third-order valence-corrected chi connectivity index (χ3v) is 3.94. The van der Waals surface area contributed by atoms with E-state index in [1.54, 1.807) is 0 Å². The molecule has 0 fully saturated rings. The summed E-state index contributed by atoms with van der Waals surface area (Å²) in [6, 6.07) is 15.6. The van der Waals surface area contributed by atoms with Crippen molar-refractivity contribution in [3.63, 3.8) is 0 Å². The molecule has 0 aromatic heterocycles. The van der Waals surface area contributed by atoms with Gasteiger partial charge in [-0.3, -0.25) is 11.3 Å². The van der Waals surface area contributed by atoms with Gasteiger partial charge in [0.2, 0.25) is 0 Å². The van der Waals surface area contributed by atoms with Gasteiger partial charge in [-0.05, 0) is 29.2 Å². The molecule has 0 spiro atoms. The Morgan fingerprint density at radius 2 is 1.80 bits per heavy atom. The van der Waals surface area contributed by atoms with Crippen LogP contribution < -0.4 is 11.3 Å². The van der Waals surface area contributed by atoms with E-state index in [1.165, 1.54) is 42.0 Å². The summed E-state index contributed by atoms with van der Waals surface area (Å²) in [5.74, 6) is 5.70. The van der Waals surface area contributed by atoms with E-state index < -0.39 is 0 Å². The summed E-state index contributed by atoms with van der Waals surface area (Å²) < 4.78 is 0. The van der Waals surface area contributed by atoms with Crippen LogP contribution in [0.4, 0.5) is 0 Å². The molecular formula is C18H26N2. The van der Waals surface area contributed by atoms with Gasteiger partial charge in [0.25, 0.3) is 0 Å². The number of rotatable bonds is 8. The number of benzene rings is 2. The molecule has 0 radical (unpaired) electrons. The van der Waals surface area contributed by atoms with Crippen molar-refractivity contribution in [1.82, 2.24) is 5.43 Å². The van der Waals surface area contributed by atoms with E-state index >= 15 is 0 Å². The van der Waals surface area contributed by atoms with Gasteiger partial charge in [-0.1, -0.05) is 75.1 Å². The van der Waals surface area contributed by atoms with E-state index in [4.69, 9.17) is 5.84 Å². The number of hydrogen-bond acceptors (Lipinski definition) is 2. The topological polar surface area (TPSA) is 38.0 Å². The molecule has 0 aliphatic rings. The molecule has 0 bridgehead atoms. The lowest BCUT2D eigenvalue weighted by Gasteiger charge is -2.16. The van der Waals surface area contributed by atoms with Crippen molar-refractivity contribution in [2.45, 2.75) is 51.5 Å². The molecule has 0 saturated heterocycles. The minimum atomic E-state index is 0.382. The minimum Gasteiger partial charge on any atom is -0.271 e. The lowest BCUT2D eigenvalue weighted by atomic mass is 9.98. The molecule has 0 amide bonds. The van der Waals surface area contributed by atoms with Gasteiger partial charge in [-0.25, -0.2) is 0 Å². The molecule has 20 heavy (non-hydrogen) atoms. The van der Waals surface area contributed by atoms with Crippen LogP contribution in [0.5, 0.6) is 0 Å². The van der Waals surface area contributed by atoms with Gasteiger partial charge in [-0.2, -0.15) is 0 Å². The SMILES string of the molecule is CCCCCCC(Cc1ccc2ccccc2c1)NN. The van der Waals surface area contributed by atoms with Crippen LogP contribution in [-0.4, -0.2) is 6.04 Å². The molecule has 2 nitrogen and oxygen atoms in total. The first-order chi connectivity index (χ1) is 9.83. The molecule has 2 heteroatoms. The largest absolute Gasteiger partial charge is 0.271 e. The molecule has 108 valence electrons. The fourth-order valence-corrected chi connectivity index (χ4v) is 2.71. The van der Waals surface area contributed by atoms with Crippen molar-refractivity contribution < 1.29 is 0 Å². The van der Waals surface area contributed by atoms with Crippen LogP contribution in [0.15, 0.2) is 42.5 Å².